The van der Waals surface area contributed by atoms with Gasteiger partial charge in [-0.05, 0) is 54.7 Å². The SMILES string of the molecule is CC(O)c1cccc(-c2ccc(C(=O)NC3CCN(CCO)CC3)cc2)c1. The first-order chi connectivity index (χ1) is 13.1. The molecule has 1 unspecified atom stereocenters. The third kappa shape index (κ3) is 5.16. The largest absolute Gasteiger partial charge is 0.395 e. The van der Waals surface area contributed by atoms with E-state index in [1.54, 1.807) is 6.92 Å². The molecule has 27 heavy (non-hydrogen) atoms. The highest BCUT2D eigenvalue weighted by Crippen LogP contribution is 2.23. The van der Waals surface area contributed by atoms with Crippen LogP contribution in [-0.4, -0.2) is 53.3 Å². The lowest BCUT2D eigenvalue weighted by atomic mass is 9.99. The van der Waals surface area contributed by atoms with Crippen molar-refractivity contribution in [3.8, 4) is 11.1 Å². The van der Waals surface area contributed by atoms with Crippen LogP contribution in [0.25, 0.3) is 11.1 Å². The number of aliphatic hydroxyl groups excluding tert-OH is 2. The Labute approximate surface area is 160 Å². The van der Waals surface area contributed by atoms with Gasteiger partial charge in [-0.3, -0.25) is 4.79 Å². The van der Waals surface area contributed by atoms with Gasteiger partial charge in [-0.1, -0.05) is 30.3 Å². The van der Waals surface area contributed by atoms with E-state index in [-0.39, 0.29) is 18.6 Å². The maximum absolute atomic E-state index is 12.5. The van der Waals surface area contributed by atoms with Crippen LogP contribution >= 0.6 is 0 Å². The van der Waals surface area contributed by atoms with E-state index >= 15 is 0 Å². The second-order valence-corrected chi connectivity index (χ2v) is 7.19. The summed E-state index contributed by atoms with van der Waals surface area (Å²) in [5.41, 5.74) is 3.58. The van der Waals surface area contributed by atoms with Crippen LogP contribution in [0.2, 0.25) is 0 Å². The molecule has 1 saturated heterocycles. The predicted octanol–water partition coefficient (Wildman–Crippen LogP) is 2.59. The summed E-state index contributed by atoms with van der Waals surface area (Å²) in [6, 6.07) is 15.6. The van der Waals surface area contributed by atoms with Crippen molar-refractivity contribution in [1.29, 1.82) is 0 Å². The minimum absolute atomic E-state index is 0.0418. The van der Waals surface area contributed by atoms with Gasteiger partial charge in [0.1, 0.15) is 0 Å². The molecular formula is C22H28N2O3. The molecule has 0 aromatic heterocycles. The zero-order valence-electron chi connectivity index (χ0n) is 15.8. The van der Waals surface area contributed by atoms with Crippen LogP contribution in [0.4, 0.5) is 0 Å². The van der Waals surface area contributed by atoms with E-state index in [9.17, 15) is 9.90 Å². The maximum atomic E-state index is 12.5. The van der Waals surface area contributed by atoms with Crippen molar-refractivity contribution in [1.82, 2.24) is 10.2 Å². The number of β-amino-alcohol motifs (C(OH)–C–C–N with tert-alkyl or cyclic N) is 1. The molecule has 3 rings (SSSR count). The minimum atomic E-state index is -0.501. The van der Waals surface area contributed by atoms with Crippen molar-refractivity contribution in [3.63, 3.8) is 0 Å². The number of aliphatic hydroxyl groups is 2. The summed E-state index contributed by atoms with van der Waals surface area (Å²) in [6.07, 6.45) is 1.32. The molecule has 0 aliphatic carbocycles. The lowest BCUT2D eigenvalue weighted by Crippen LogP contribution is -2.45. The number of rotatable bonds is 6. The normalized spacial score (nSPS) is 16.9. The van der Waals surface area contributed by atoms with Gasteiger partial charge in [0.25, 0.3) is 5.91 Å². The molecule has 144 valence electrons. The lowest BCUT2D eigenvalue weighted by Gasteiger charge is -2.31. The molecule has 1 heterocycles. The van der Waals surface area contributed by atoms with E-state index in [1.165, 1.54) is 0 Å². The Bertz CT molecular complexity index is 750. The van der Waals surface area contributed by atoms with Gasteiger partial charge in [-0.25, -0.2) is 0 Å². The van der Waals surface area contributed by atoms with Crippen molar-refractivity contribution in [3.05, 3.63) is 59.7 Å². The number of benzene rings is 2. The van der Waals surface area contributed by atoms with Gasteiger partial charge in [0, 0.05) is 31.2 Å². The molecular weight excluding hydrogens is 340 g/mol. The molecule has 2 aromatic rings. The summed E-state index contributed by atoms with van der Waals surface area (Å²) in [5, 5.41) is 21.9. The van der Waals surface area contributed by atoms with Crippen LogP contribution in [0.3, 0.4) is 0 Å². The molecule has 0 saturated carbocycles. The molecule has 1 aliphatic rings. The van der Waals surface area contributed by atoms with Gasteiger partial charge < -0.3 is 20.4 Å². The number of nitrogens with zero attached hydrogens (tertiary/aromatic N) is 1. The maximum Gasteiger partial charge on any atom is 0.251 e. The first-order valence-corrected chi connectivity index (χ1v) is 9.59. The van der Waals surface area contributed by atoms with Crippen molar-refractivity contribution in [2.45, 2.75) is 31.9 Å². The summed E-state index contributed by atoms with van der Waals surface area (Å²) in [5.74, 6) is -0.0418. The Hall–Kier alpha value is -2.21. The quantitative estimate of drug-likeness (QED) is 0.733. The Morgan fingerprint density at radius 1 is 1.15 bits per heavy atom. The zero-order valence-corrected chi connectivity index (χ0v) is 15.8. The summed E-state index contributed by atoms with van der Waals surface area (Å²) >= 11 is 0. The molecule has 1 aliphatic heterocycles. The number of likely N-dealkylation sites (tertiary alicyclic amines) is 1. The highest BCUT2D eigenvalue weighted by molar-refractivity contribution is 5.94. The fourth-order valence-corrected chi connectivity index (χ4v) is 3.50. The molecule has 1 fully saturated rings. The van der Waals surface area contributed by atoms with E-state index in [4.69, 9.17) is 5.11 Å². The van der Waals surface area contributed by atoms with Gasteiger partial charge in [0.15, 0.2) is 0 Å². The number of hydrogen-bond acceptors (Lipinski definition) is 4. The second-order valence-electron chi connectivity index (χ2n) is 7.19. The smallest absolute Gasteiger partial charge is 0.251 e. The average Bonchev–Trinajstić information content (AvgIpc) is 2.70. The lowest BCUT2D eigenvalue weighted by molar-refractivity contribution is 0.0903. The van der Waals surface area contributed by atoms with E-state index in [0.29, 0.717) is 12.1 Å². The van der Waals surface area contributed by atoms with Crippen LogP contribution in [-0.2, 0) is 0 Å². The summed E-state index contributed by atoms with van der Waals surface area (Å²) in [4.78, 5) is 14.7. The van der Waals surface area contributed by atoms with Gasteiger partial charge in [0.2, 0.25) is 0 Å². The highest BCUT2D eigenvalue weighted by atomic mass is 16.3. The Morgan fingerprint density at radius 3 is 2.48 bits per heavy atom. The van der Waals surface area contributed by atoms with Crippen molar-refractivity contribution in [2.75, 3.05) is 26.2 Å². The van der Waals surface area contributed by atoms with E-state index in [0.717, 1.165) is 42.6 Å². The fraction of sp³-hybridized carbons (Fsp3) is 0.409. The monoisotopic (exact) mass is 368 g/mol. The Kier molecular flexibility index (Phi) is 6.61. The van der Waals surface area contributed by atoms with E-state index in [1.807, 2.05) is 48.5 Å². The van der Waals surface area contributed by atoms with Gasteiger partial charge >= 0.3 is 0 Å². The minimum Gasteiger partial charge on any atom is -0.395 e. The van der Waals surface area contributed by atoms with Crippen molar-refractivity contribution >= 4 is 5.91 Å². The molecule has 0 spiro atoms. The van der Waals surface area contributed by atoms with Gasteiger partial charge in [0.05, 0.1) is 12.7 Å². The standard InChI is InChI=1S/C22H28N2O3/c1-16(26)19-3-2-4-20(15-19)17-5-7-18(8-6-17)22(27)23-21-9-11-24(12-10-21)13-14-25/h2-8,15-16,21,25-26H,9-14H2,1H3,(H,23,27). The molecule has 5 heteroatoms. The van der Waals surface area contributed by atoms with Gasteiger partial charge in [-0.15, -0.1) is 0 Å². The third-order valence-corrected chi connectivity index (χ3v) is 5.19. The molecule has 0 radical (unpaired) electrons. The predicted molar refractivity (Wildman–Crippen MR) is 107 cm³/mol. The number of amides is 1. The number of hydrogen-bond donors (Lipinski definition) is 3. The topological polar surface area (TPSA) is 72.8 Å². The first-order valence-electron chi connectivity index (χ1n) is 9.59. The zero-order chi connectivity index (χ0) is 19.2. The van der Waals surface area contributed by atoms with Crippen LogP contribution < -0.4 is 5.32 Å². The number of nitrogens with one attached hydrogen (secondary N) is 1. The average molecular weight is 368 g/mol. The summed E-state index contributed by atoms with van der Waals surface area (Å²) < 4.78 is 0. The van der Waals surface area contributed by atoms with Crippen LogP contribution in [0.1, 0.15) is 41.8 Å². The fourth-order valence-electron chi connectivity index (χ4n) is 3.50. The molecule has 0 bridgehead atoms. The number of carbonyl (C=O) groups excluding carboxylic acids is 1. The van der Waals surface area contributed by atoms with Gasteiger partial charge in [-0.2, -0.15) is 0 Å². The van der Waals surface area contributed by atoms with Crippen LogP contribution in [0.15, 0.2) is 48.5 Å². The highest BCUT2D eigenvalue weighted by Gasteiger charge is 2.20. The third-order valence-electron chi connectivity index (χ3n) is 5.19. The number of piperidine rings is 1. The Balaban J connectivity index is 1.60. The second kappa shape index (κ2) is 9.13. The molecule has 3 N–H and O–H groups in total. The van der Waals surface area contributed by atoms with E-state index < -0.39 is 6.10 Å². The molecule has 1 atom stereocenters. The van der Waals surface area contributed by atoms with Crippen molar-refractivity contribution < 1.29 is 15.0 Å². The summed E-state index contributed by atoms with van der Waals surface area (Å²) in [7, 11) is 0. The Morgan fingerprint density at radius 2 is 1.85 bits per heavy atom. The van der Waals surface area contributed by atoms with Crippen LogP contribution in [0, 0.1) is 0 Å². The van der Waals surface area contributed by atoms with Crippen LogP contribution in [0.5, 0.6) is 0 Å². The molecule has 2 aromatic carbocycles. The van der Waals surface area contributed by atoms with Crippen molar-refractivity contribution in [2.24, 2.45) is 0 Å². The van der Waals surface area contributed by atoms with E-state index in [2.05, 4.69) is 10.2 Å². The number of carbonyl (C=O) groups is 1. The summed E-state index contributed by atoms with van der Waals surface area (Å²) in [6.45, 7) is 4.46. The molecule has 5 nitrogen and oxygen atoms in total. The first kappa shape index (κ1) is 19.5. The molecule has 1 amide bonds.